The third-order valence-corrected chi connectivity index (χ3v) is 0.972. The zero-order chi connectivity index (χ0) is 7.28. The minimum Gasteiger partial charge on any atom is -0.394 e. The number of rotatable bonds is 2. The van der Waals surface area contributed by atoms with Crippen LogP contribution in [0.1, 0.15) is 6.92 Å². The smallest absolute Gasteiger partial charge is 0.0708 e. The first-order valence-electron chi connectivity index (χ1n) is 2.42. The van der Waals surface area contributed by atoms with Gasteiger partial charge >= 0.3 is 0 Å². The second-order valence-corrected chi connectivity index (χ2v) is 2.83. The van der Waals surface area contributed by atoms with Gasteiger partial charge in [0, 0.05) is 6.20 Å². The van der Waals surface area contributed by atoms with Crippen LogP contribution < -0.4 is 5.73 Å². The number of hydrogen-bond donors (Lipinski definition) is 1. The van der Waals surface area contributed by atoms with Gasteiger partial charge in [-0.3, -0.25) is 4.99 Å². The fourth-order valence-electron chi connectivity index (χ4n) is 0.399. The van der Waals surface area contributed by atoms with Gasteiger partial charge < -0.3 is 5.73 Å². The Labute approximate surface area is 68.7 Å². The van der Waals surface area contributed by atoms with Gasteiger partial charge in [-0.15, -0.1) is 0 Å². The van der Waals surface area contributed by atoms with Crippen molar-refractivity contribution in [3.05, 3.63) is 21.6 Å². The van der Waals surface area contributed by atoms with E-state index in [-0.39, 0.29) is 0 Å². The molecule has 2 N–H and O–H groups in total. The molecule has 0 bridgehead atoms. The third-order valence-electron chi connectivity index (χ3n) is 0.660. The SMILES string of the molecule is C=N/C=C(C)\C=C(/N)I. The Morgan fingerprint density at radius 1 is 1.78 bits per heavy atom. The summed E-state index contributed by atoms with van der Waals surface area (Å²) in [6, 6.07) is 0. The minimum absolute atomic E-state index is 0.755. The average molecular weight is 236 g/mol. The van der Waals surface area contributed by atoms with Crippen molar-refractivity contribution in [3.63, 3.8) is 0 Å². The largest absolute Gasteiger partial charge is 0.394 e. The van der Waals surface area contributed by atoms with Gasteiger partial charge in [0.1, 0.15) is 0 Å². The van der Waals surface area contributed by atoms with Gasteiger partial charge in [-0.05, 0) is 47.9 Å². The predicted octanol–water partition coefficient (Wildman–Crippen LogP) is 1.83. The lowest BCUT2D eigenvalue weighted by Gasteiger charge is -1.87. The van der Waals surface area contributed by atoms with Crippen molar-refractivity contribution in [1.82, 2.24) is 0 Å². The van der Waals surface area contributed by atoms with Crippen molar-refractivity contribution in [3.8, 4) is 0 Å². The molecule has 0 aromatic heterocycles. The summed E-state index contributed by atoms with van der Waals surface area (Å²) in [6.07, 6.45) is 3.49. The van der Waals surface area contributed by atoms with Crippen LogP contribution in [0.15, 0.2) is 26.5 Å². The quantitative estimate of drug-likeness (QED) is 0.337. The maximum Gasteiger partial charge on any atom is 0.0708 e. The van der Waals surface area contributed by atoms with Crippen molar-refractivity contribution in [1.29, 1.82) is 0 Å². The summed E-state index contributed by atoms with van der Waals surface area (Å²) < 4.78 is 0.755. The van der Waals surface area contributed by atoms with E-state index in [2.05, 4.69) is 11.7 Å². The molecule has 0 fully saturated rings. The Morgan fingerprint density at radius 2 is 2.33 bits per heavy atom. The van der Waals surface area contributed by atoms with E-state index in [9.17, 15) is 0 Å². The molecule has 2 nitrogen and oxygen atoms in total. The first kappa shape index (κ1) is 8.68. The molecule has 0 unspecified atom stereocenters. The van der Waals surface area contributed by atoms with Crippen LogP contribution in [-0.4, -0.2) is 6.72 Å². The molecule has 0 amide bonds. The van der Waals surface area contributed by atoms with Crippen LogP contribution in [-0.2, 0) is 0 Å². The van der Waals surface area contributed by atoms with E-state index in [1.54, 1.807) is 6.20 Å². The molecule has 0 aliphatic carbocycles. The van der Waals surface area contributed by atoms with Crippen LogP contribution in [0.4, 0.5) is 0 Å². The monoisotopic (exact) mass is 236 g/mol. The molecule has 0 radical (unpaired) electrons. The van der Waals surface area contributed by atoms with E-state index in [4.69, 9.17) is 5.73 Å². The molecule has 0 heterocycles. The Balaban J connectivity index is 4.05. The second kappa shape index (κ2) is 4.55. The molecule has 0 aromatic carbocycles. The maximum atomic E-state index is 5.37. The molecule has 0 atom stereocenters. The van der Waals surface area contributed by atoms with Gasteiger partial charge in [-0.1, -0.05) is 0 Å². The van der Waals surface area contributed by atoms with Crippen LogP contribution in [0.3, 0.4) is 0 Å². The molecule has 3 heteroatoms. The van der Waals surface area contributed by atoms with Crippen LogP contribution in [0, 0.1) is 0 Å². The number of nitrogens with zero attached hydrogens (tertiary/aromatic N) is 1. The molecule has 50 valence electrons. The topological polar surface area (TPSA) is 38.4 Å². The second-order valence-electron chi connectivity index (χ2n) is 1.58. The predicted molar refractivity (Wildman–Crippen MR) is 49.6 cm³/mol. The number of aliphatic imine (C=N–C) groups is 1. The van der Waals surface area contributed by atoms with Gasteiger partial charge in [0.25, 0.3) is 0 Å². The Kier molecular flexibility index (Phi) is 4.39. The fraction of sp³-hybridized carbons (Fsp3) is 0.167. The van der Waals surface area contributed by atoms with Crippen LogP contribution >= 0.6 is 22.6 Å². The molecular weight excluding hydrogens is 227 g/mol. The number of nitrogens with two attached hydrogens (primary N) is 1. The van der Waals surface area contributed by atoms with Crippen molar-refractivity contribution in [2.45, 2.75) is 6.92 Å². The highest BCUT2D eigenvalue weighted by Gasteiger charge is 1.81. The van der Waals surface area contributed by atoms with Crippen molar-refractivity contribution >= 4 is 29.3 Å². The molecule has 0 aromatic rings. The lowest BCUT2D eigenvalue weighted by molar-refractivity contribution is 1.41. The van der Waals surface area contributed by atoms with E-state index >= 15 is 0 Å². The molecule has 0 rings (SSSR count). The van der Waals surface area contributed by atoms with E-state index in [0.717, 1.165) is 9.28 Å². The summed E-state index contributed by atoms with van der Waals surface area (Å²) in [5.74, 6) is 0. The summed E-state index contributed by atoms with van der Waals surface area (Å²) in [5, 5.41) is 0. The van der Waals surface area contributed by atoms with Gasteiger partial charge in [-0.2, -0.15) is 0 Å². The highest BCUT2D eigenvalue weighted by molar-refractivity contribution is 14.1. The Morgan fingerprint density at radius 3 is 2.67 bits per heavy atom. The highest BCUT2D eigenvalue weighted by atomic mass is 127. The molecule has 9 heavy (non-hydrogen) atoms. The Hall–Kier alpha value is -0.320. The van der Waals surface area contributed by atoms with Crippen LogP contribution in [0.25, 0.3) is 0 Å². The van der Waals surface area contributed by atoms with Gasteiger partial charge in [-0.25, -0.2) is 0 Å². The first-order chi connectivity index (χ1) is 4.16. The molecule has 0 saturated heterocycles. The van der Waals surface area contributed by atoms with E-state index < -0.39 is 0 Å². The van der Waals surface area contributed by atoms with Crippen molar-refractivity contribution < 1.29 is 0 Å². The summed E-state index contributed by atoms with van der Waals surface area (Å²) >= 11 is 2.03. The number of allylic oxidation sites excluding steroid dienone is 2. The molecule has 0 aliphatic rings. The summed E-state index contributed by atoms with van der Waals surface area (Å²) in [6.45, 7) is 5.23. The van der Waals surface area contributed by atoms with E-state index in [1.807, 2.05) is 35.6 Å². The highest BCUT2D eigenvalue weighted by Crippen LogP contribution is 2.02. The third kappa shape index (κ3) is 5.55. The summed E-state index contributed by atoms with van der Waals surface area (Å²) in [5.41, 5.74) is 6.38. The van der Waals surface area contributed by atoms with Gasteiger partial charge in [0.15, 0.2) is 0 Å². The average Bonchev–Trinajstić information content (AvgIpc) is 1.63. The van der Waals surface area contributed by atoms with E-state index in [1.165, 1.54) is 0 Å². The maximum absolute atomic E-state index is 5.37. The molecule has 0 spiro atoms. The summed E-state index contributed by atoms with van der Waals surface area (Å²) in [4.78, 5) is 3.57. The van der Waals surface area contributed by atoms with Crippen LogP contribution in [0.2, 0.25) is 0 Å². The van der Waals surface area contributed by atoms with Gasteiger partial charge in [0.2, 0.25) is 0 Å². The lowest BCUT2D eigenvalue weighted by Crippen LogP contribution is -1.85. The fourth-order valence-corrected chi connectivity index (χ4v) is 0.890. The first-order valence-corrected chi connectivity index (χ1v) is 3.50. The summed E-state index contributed by atoms with van der Waals surface area (Å²) in [7, 11) is 0. The Bertz CT molecular complexity index is 154. The van der Waals surface area contributed by atoms with Crippen molar-refractivity contribution in [2.75, 3.05) is 0 Å². The normalized spacial score (nSPS) is 13.6. The van der Waals surface area contributed by atoms with E-state index in [0.29, 0.717) is 0 Å². The zero-order valence-electron chi connectivity index (χ0n) is 5.26. The number of halogens is 1. The molecular formula is C6H9IN2. The number of hydrogen-bond acceptors (Lipinski definition) is 2. The van der Waals surface area contributed by atoms with Gasteiger partial charge in [0.05, 0.1) is 3.70 Å². The minimum atomic E-state index is 0.755. The lowest BCUT2D eigenvalue weighted by atomic mass is 10.3. The van der Waals surface area contributed by atoms with Crippen LogP contribution in [0.5, 0.6) is 0 Å². The standard InChI is InChI=1S/C6H9IN2/c1-5(4-9-2)3-6(7)8/h3-4H,2,8H2,1H3/b5-4-,6-3-. The molecule has 0 aliphatic heterocycles. The van der Waals surface area contributed by atoms with Crippen molar-refractivity contribution in [2.24, 2.45) is 10.7 Å². The zero-order valence-corrected chi connectivity index (χ0v) is 7.42. The molecule has 0 saturated carbocycles.